The molecule has 6 rings (SSSR count). The second-order valence-electron chi connectivity index (χ2n) is 8.00. The monoisotopic (exact) mass is 475 g/mol. The van der Waals surface area contributed by atoms with E-state index in [1.54, 1.807) is 11.8 Å². The second kappa shape index (κ2) is 8.61. The summed E-state index contributed by atoms with van der Waals surface area (Å²) >= 11 is 7.88. The Labute approximate surface area is 201 Å². The summed E-state index contributed by atoms with van der Waals surface area (Å²) in [4.78, 5) is 4.71. The molecular weight excluding hydrogens is 454 g/mol. The van der Waals surface area contributed by atoms with Gasteiger partial charge in [-0.1, -0.05) is 29.4 Å². The third kappa shape index (κ3) is 4.01. The first-order chi connectivity index (χ1) is 16.2. The van der Waals surface area contributed by atoms with Crippen molar-refractivity contribution in [3.8, 4) is 11.5 Å². The van der Waals surface area contributed by atoms with Crippen molar-refractivity contribution in [2.75, 3.05) is 13.3 Å². The van der Waals surface area contributed by atoms with Gasteiger partial charge in [0.05, 0.1) is 5.70 Å². The van der Waals surface area contributed by atoms with Crippen LogP contribution in [0.3, 0.4) is 0 Å². The van der Waals surface area contributed by atoms with Crippen LogP contribution in [-0.4, -0.2) is 29.0 Å². The summed E-state index contributed by atoms with van der Waals surface area (Å²) in [5.74, 6) is 1.57. The molecule has 1 atom stereocenters. The summed E-state index contributed by atoms with van der Waals surface area (Å²) in [7, 11) is 0. The molecule has 166 valence electrons. The first kappa shape index (κ1) is 20.4. The fraction of sp³-hybridized carbons (Fsp3) is 0.154. The highest BCUT2D eigenvalue weighted by Gasteiger charge is 2.35. The standard InChI is InChI=1S/C26H22ClN3O2S/c27-19-6-8-20(9-7-19)33-25-21-4-3-13-30(15-14-29-11-1-2-12-29)26(21)28-24(25)18-5-10-22-23(16-18)32-17-31-22/h1-13,16,26,28H,14-15,17H2. The lowest BCUT2D eigenvalue weighted by atomic mass is 10.1. The lowest BCUT2D eigenvalue weighted by Gasteiger charge is -2.32. The molecule has 3 aliphatic heterocycles. The van der Waals surface area contributed by atoms with Gasteiger partial charge in [0.1, 0.15) is 6.17 Å². The summed E-state index contributed by atoms with van der Waals surface area (Å²) < 4.78 is 13.4. The summed E-state index contributed by atoms with van der Waals surface area (Å²) in [6, 6.07) is 18.2. The normalized spacial score (nSPS) is 18.4. The quantitative estimate of drug-likeness (QED) is 0.494. The van der Waals surface area contributed by atoms with E-state index in [9.17, 15) is 0 Å². The van der Waals surface area contributed by atoms with Gasteiger partial charge >= 0.3 is 0 Å². The van der Waals surface area contributed by atoms with Gasteiger partial charge in [0, 0.05) is 57.6 Å². The summed E-state index contributed by atoms with van der Waals surface area (Å²) in [6.07, 6.45) is 10.8. The average Bonchev–Trinajstić information content (AvgIpc) is 3.59. The Morgan fingerprint density at radius 1 is 1.00 bits per heavy atom. The van der Waals surface area contributed by atoms with E-state index in [1.165, 1.54) is 10.5 Å². The van der Waals surface area contributed by atoms with Gasteiger partial charge in [-0.05, 0) is 60.7 Å². The average molecular weight is 476 g/mol. The van der Waals surface area contributed by atoms with E-state index in [0.29, 0.717) is 0 Å². The molecule has 33 heavy (non-hydrogen) atoms. The second-order valence-corrected chi connectivity index (χ2v) is 9.52. The molecule has 0 radical (unpaired) electrons. The molecule has 0 bridgehead atoms. The van der Waals surface area contributed by atoms with Gasteiger partial charge in [0.2, 0.25) is 6.79 Å². The molecule has 1 N–H and O–H groups in total. The molecule has 0 fully saturated rings. The highest BCUT2D eigenvalue weighted by Crippen LogP contribution is 2.45. The Hall–Kier alpha value is -3.22. The number of ether oxygens (including phenoxy) is 2. The number of nitrogens with zero attached hydrogens (tertiary/aromatic N) is 2. The molecule has 3 aliphatic rings. The van der Waals surface area contributed by atoms with Gasteiger partial charge in [0.15, 0.2) is 11.5 Å². The minimum Gasteiger partial charge on any atom is -0.454 e. The molecule has 0 aliphatic carbocycles. The largest absolute Gasteiger partial charge is 0.454 e. The van der Waals surface area contributed by atoms with Gasteiger partial charge in [-0.15, -0.1) is 0 Å². The highest BCUT2D eigenvalue weighted by molar-refractivity contribution is 8.03. The zero-order chi connectivity index (χ0) is 22.2. The molecule has 5 nitrogen and oxygen atoms in total. The number of hydrogen-bond acceptors (Lipinski definition) is 5. The Morgan fingerprint density at radius 2 is 1.82 bits per heavy atom. The Balaban J connectivity index is 1.34. The van der Waals surface area contributed by atoms with E-state index in [-0.39, 0.29) is 13.0 Å². The van der Waals surface area contributed by atoms with Crippen molar-refractivity contribution in [1.29, 1.82) is 0 Å². The van der Waals surface area contributed by atoms with Crippen LogP contribution in [0.5, 0.6) is 11.5 Å². The molecule has 0 saturated heterocycles. The molecule has 0 saturated carbocycles. The number of rotatable bonds is 6. The topological polar surface area (TPSA) is 38.7 Å². The van der Waals surface area contributed by atoms with Crippen LogP contribution in [0.25, 0.3) is 5.70 Å². The van der Waals surface area contributed by atoms with E-state index < -0.39 is 0 Å². The lowest BCUT2D eigenvalue weighted by molar-refractivity contribution is 0.174. The number of thioether (sulfide) groups is 1. The van der Waals surface area contributed by atoms with Crippen molar-refractivity contribution in [2.24, 2.45) is 0 Å². The van der Waals surface area contributed by atoms with Crippen molar-refractivity contribution in [1.82, 2.24) is 14.8 Å². The van der Waals surface area contributed by atoms with E-state index in [1.807, 2.05) is 18.2 Å². The molecule has 2 aromatic carbocycles. The van der Waals surface area contributed by atoms with Crippen molar-refractivity contribution < 1.29 is 9.47 Å². The SMILES string of the molecule is Clc1ccc(SC2=C(c3ccc4c(c3)OCO4)NC3C2=CC=CN3CCn2cccc2)cc1. The maximum atomic E-state index is 6.13. The molecule has 1 unspecified atom stereocenters. The molecule has 4 heterocycles. The number of fused-ring (bicyclic) bond motifs is 2. The summed E-state index contributed by atoms with van der Waals surface area (Å²) in [6.45, 7) is 2.08. The molecule has 3 aromatic rings. The molecular formula is C26H22ClN3O2S. The number of aromatic nitrogens is 1. The molecule has 1 aromatic heterocycles. The minimum atomic E-state index is 0.0702. The maximum absolute atomic E-state index is 6.13. The third-order valence-corrected chi connectivity index (χ3v) is 7.33. The zero-order valence-electron chi connectivity index (χ0n) is 17.8. The van der Waals surface area contributed by atoms with Crippen molar-refractivity contribution in [3.63, 3.8) is 0 Å². The smallest absolute Gasteiger partial charge is 0.231 e. The highest BCUT2D eigenvalue weighted by atomic mass is 35.5. The van der Waals surface area contributed by atoms with E-state index >= 15 is 0 Å². The zero-order valence-corrected chi connectivity index (χ0v) is 19.4. The van der Waals surface area contributed by atoms with Crippen LogP contribution >= 0.6 is 23.4 Å². The molecule has 0 spiro atoms. The fourth-order valence-corrected chi connectivity index (χ4v) is 5.48. The first-order valence-corrected chi connectivity index (χ1v) is 12.0. The third-order valence-electron chi connectivity index (χ3n) is 5.93. The fourth-order valence-electron chi connectivity index (χ4n) is 4.27. The minimum absolute atomic E-state index is 0.0702. The van der Waals surface area contributed by atoms with Crippen molar-refractivity contribution in [2.45, 2.75) is 17.6 Å². The van der Waals surface area contributed by atoms with Gasteiger partial charge < -0.3 is 24.3 Å². The van der Waals surface area contributed by atoms with Crippen LogP contribution in [0.15, 0.2) is 101 Å². The number of hydrogen-bond donors (Lipinski definition) is 1. The van der Waals surface area contributed by atoms with E-state index in [0.717, 1.165) is 45.8 Å². The van der Waals surface area contributed by atoms with Gasteiger partial charge in [-0.3, -0.25) is 0 Å². The molecule has 0 amide bonds. The van der Waals surface area contributed by atoms with Gasteiger partial charge in [-0.2, -0.15) is 0 Å². The summed E-state index contributed by atoms with van der Waals surface area (Å²) in [5.41, 5.74) is 3.44. The van der Waals surface area contributed by atoms with Crippen molar-refractivity contribution in [3.05, 3.63) is 106 Å². The first-order valence-electron chi connectivity index (χ1n) is 10.8. The number of halogens is 1. The van der Waals surface area contributed by atoms with Gasteiger partial charge in [0.25, 0.3) is 0 Å². The van der Waals surface area contributed by atoms with Crippen molar-refractivity contribution >= 4 is 29.1 Å². The molecule has 7 heteroatoms. The number of nitrogens with one attached hydrogen (secondary N) is 1. The van der Waals surface area contributed by atoms with E-state index in [2.05, 4.69) is 81.9 Å². The van der Waals surface area contributed by atoms with Crippen LogP contribution in [0, 0.1) is 0 Å². The van der Waals surface area contributed by atoms with Crippen LogP contribution in [-0.2, 0) is 6.54 Å². The Bertz CT molecular complexity index is 1270. The number of allylic oxidation sites excluding steroid dienone is 2. The summed E-state index contributed by atoms with van der Waals surface area (Å²) in [5, 5.41) is 4.53. The predicted molar refractivity (Wildman–Crippen MR) is 132 cm³/mol. The maximum Gasteiger partial charge on any atom is 0.231 e. The van der Waals surface area contributed by atoms with Crippen LogP contribution < -0.4 is 14.8 Å². The van der Waals surface area contributed by atoms with Gasteiger partial charge in [-0.25, -0.2) is 0 Å². The van der Waals surface area contributed by atoms with Crippen LogP contribution in [0.2, 0.25) is 5.02 Å². The lowest BCUT2D eigenvalue weighted by Crippen LogP contribution is -2.42. The Kier molecular flexibility index (Phi) is 5.32. The Morgan fingerprint density at radius 3 is 2.67 bits per heavy atom. The number of benzene rings is 2. The predicted octanol–water partition coefficient (Wildman–Crippen LogP) is 5.72. The van der Waals surface area contributed by atoms with E-state index in [4.69, 9.17) is 21.1 Å². The van der Waals surface area contributed by atoms with Crippen LogP contribution in [0.1, 0.15) is 5.56 Å². The van der Waals surface area contributed by atoms with Crippen LogP contribution in [0.4, 0.5) is 0 Å².